The van der Waals surface area contributed by atoms with E-state index in [1.54, 1.807) is 4.90 Å². The van der Waals surface area contributed by atoms with Crippen LogP contribution in [-0.4, -0.2) is 21.0 Å². The van der Waals surface area contributed by atoms with E-state index in [1.165, 1.54) is 0 Å². The van der Waals surface area contributed by atoms with E-state index in [0.717, 1.165) is 12.0 Å². The van der Waals surface area contributed by atoms with Crippen molar-refractivity contribution in [3.63, 3.8) is 0 Å². The molecule has 0 spiro atoms. The molecule has 2 heterocycles. The number of nitrogens with zero attached hydrogens (tertiary/aromatic N) is 3. The van der Waals surface area contributed by atoms with E-state index in [-0.39, 0.29) is 44.7 Å². The zero-order chi connectivity index (χ0) is 12.4. The van der Waals surface area contributed by atoms with Crippen LogP contribution in [0, 0.1) is 6.39 Å². The molecule has 5 nitrogen and oxygen atoms in total. The fourth-order valence-electron chi connectivity index (χ4n) is 2.26. The van der Waals surface area contributed by atoms with Crippen molar-refractivity contribution >= 4 is 5.91 Å². The third kappa shape index (κ3) is 3.09. The number of hydrogen-bond acceptors (Lipinski definition) is 4. The molecular weight excluding hydrogens is 319 g/mol. The van der Waals surface area contributed by atoms with Crippen LogP contribution in [0.4, 0.5) is 0 Å². The minimum atomic E-state index is -0.114. The van der Waals surface area contributed by atoms with Gasteiger partial charge in [0.1, 0.15) is 0 Å². The third-order valence-corrected chi connectivity index (χ3v) is 3.15. The molecule has 1 aromatic carbocycles. The number of hydrogen-bond donors (Lipinski definition) is 0. The summed E-state index contributed by atoms with van der Waals surface area (Å²) in [7, 11) is 0. The van der Waals surface area contributed by atoms with Gasteiger partial charge in [-0.2, -0.15) is 0 Å². The summed E-state index contributed by atoms with van der Waals surface area (Å²) in [5, 5.41) is 7.41. The Hall–Kier alpha value is -1.07. The third-order valence-electron chi connectivity index (χ3n) is 3.15. The molecule has 1 atom stereocenters. The van der Waals surface area contributed by atoms with Gasteiger partial charge in [0.05, 0.1) is 12.3 Å². The molecule has 1 unspecified atom stereocenters. The van der Waals surface area contributed by atoms with Crippen molar-refractivity contribution in [2.75, 3.05) is 0 Å². The average Bonchev–Trinajstić information content (AvgIpc) is 3.02. The standard InChI is InChI=1S/C13H12N3O2.Y/c17-12-7-6-11(13-15-14-9-18-13)16(12)8-10-4-2-1-3-5-10;/h1-5,11H,6-8H2;/q-1;. The number of likely N-dealkylation sites (tertiary alicyclic amines) is 1. The van der Waals surface area contributed by atoms with E-state index in [9.17, 15) is 4.79 Å². The topological polar surface area (TPSA) is 59.2 Å². The van der Waals surface area contributed by atoms with E-state index in [0.29, 0.717) is 18.9 Å². The largest absolute Gasteiger partial charge is 0.611 e. The molecule has 1 radical (unpaired) electrons. The van der Waals surface area contributed by atoms with Crippen LogP contribution in [0.15, 0.2) is 34.7 Å². The second kappa shape index (κ2) is 6.39. The summed E-state index contributed by atoms with van der Waals surface area (Å²) in [6, 6.07) is 9.78. The van der Waals surface area contributed by atoms with Crippen LogP contribution in [0.5, 0.6) is 0 Å². The summed E-state index contributed by atoms with van der Waals surface area (Å²) in [5.41, 5.74) is 1.10. The Balaban J connectivity index is 0.00000133. The van der Waals surface area contributed by atoms with Crippen LogP contribution in [0.1, 0.15) is 30.3 Å². The fourth-order valence-corrected chi connectivity index (χ4v) is 2.26. The molecule has 1 aliphatic heterocycles. The molecule has 0 saturated carbocycles. The van der Waals surface area contributed by atoms with Gasteiger partial charge in [0.25, 0.3) is 0 Å². The number of carbonyl (C=O) groups is 1. The molecule has 1 aliphatic rings. The van der Waals surface area contributed by atoms with Crippen molar-refractivity contribution in [2.24, 2.45) is 0 Å². The molecular formula is C13H12N3O2Y-. The summed E-state index contributed by atoms with van der Waals surface area (Å²) >= 11 is 0. The van der Waals surface area contributed by atoms with Gasteiger partial charge in [0.2, 0.25) is 5.91 Å². The van der Waals surface area contributed by atoms with Crippen molar-refractivity contribution in [3.05, 3.63) is 48.2 Å². The van der Waals surface area contributed by atoms with Gasteiger partial charge in [-0.15, -0.1) is 0 Å². The van der Waals surface area contributed by atoms with Crippen LogP contribution < -0.4 is 0 Å². The quantitative estimate of drug-likeness (QED) is 0.804. The van der Waals surface area contributed by atoms with Gasteiger partial charge >= 0.3 is 0 Å². The molecule has 19 heavy (non-hydrogen) atoms. The van der Waals surface area contributed by atoms with Gasteiger partial charge in [0, 0.05) is 51.7 Å². The van der Waals surface area contributed by atoms with E-state index in [4.69, 9.17) is 4.42 Å². The van der Waals surface area contributed by atoms with Crippen LogP contribution in [0.2, 0.25) is 0 Å². The summed E-state index contributed by atoms with van der Waals surface area (Å²) in [5.74, 6) is 0.596. The molecule has 2 aromatic rings. The molecule has 6 heteroatoms. The van der Waals surface area contributed by atoms with Gasteiger partial charge in [-0.1, -0.05) is 30.3 Å². The summed E-state index contributed by atoms with van der Waals surface area (Å²) in [4.78, 5) is 13.7. The first kappa shape index (κ1) is 14.3. The number of aromatic nitrogens is 2. The van der Waals surface area contributed by atoms with Crippen LogP contribution in [0.3, 0.4) is 0 Å². The SMILES string of the molecule is O=C1CCC(c2nn[c-]o2)N1Cc1ccccc1.[Y]. The molecule has 0 aliphatic carbocycles. The van der Waals surface area contributed by atoms with Gasteiger partial charge in [-0.05, 0) is 12.0 Å². The molecule has 1 aromatic heterocycles. The summed E-state index contributed by atoms with van der Waals surface area (Å²) < 4.78 is 5.09. The van der Waals surface area contributed by atoms with Crippen LogP contribution in [0.25, 0.3) is 0 Å². The van der Waals surface area contributed by atoms with Crippen LogP contribution in [-0.2, 0) is 44.0 Å². The predicted molar refractivity (Wildman–Crippen MR) is 62.1 cm³/mol. The summed E-state index contributed by atoms with van der Waals surface area (Å²) in [6.45, 7) is 0.576. The van der Waals surface area contributed by atoms with Gasteiger partial charge in [0.15, 0.2) is 0 Å². The minimum Gasteiger partial charge on any atom is -0.611 e. The maximum atomic E-state index is 11.9. The van der Waals surface area contributed by atoms with E-state index in [2.05, 4.69) is 16.6 Å². The fraction of sp³-hybridized carbons (Fsp3) is 0.308. The molecule has 95 valence electrons. The molecule has 1 amide bonds. The van der Waals surface area contributed by atoms with Gasteiger partial charge in [-0.25, -0.2) is 10.2 Å². The first-order valence-corrected chi connectivity index (χ1v) is 5.87. The molecule has 3 rings (SSSR count). The second-order valence-electron chi connectivity index (χ2n) is 4.29. The normalized spacial score (nSPS) is 18.4. The van der Waals surface area contributed by atoms with Crippen molar-refractivity contribution in [2.45, 2.75) is 25.4 Å². The Morgan fingerprint density at radius 3 is 2.84 bits per heavy atom. The average molecular weight is 331 g/mol. The number of carbonyl (C=O) groups excluding carboxylic acids is 1. The van der Waals surface area contributed by atoms with E-state index < -0.39 is 0 Å². The Bertz CT molecular complexity index is 530. The number of amides is 1. The number of rotatable bonds is 3. The Labute approximate surface area is 136 Å². The minimum absolute atomic E-state index is 0. The predicted octanol–water partition coefficient (Wildman–Crippen LogP) is 1.73. The second-order valence-corrected chi connectivity index (χ2v) is 4.29. The maximum Gasteiger partial charge on any atom is 0.222 e. The zero-order valence-electron chi connectivity index (χ0n) is 10.3. The first-order chi connectivity index (χ1) is 8.84. The van der Waals surface area contributed by atoms with E-state index in [1.807, 2.05) is 30.3 Å². The molecule has 0 N–H and O–H groups in total. The van der Waals surface area contributed by atoms with E-state index >= 15 is 0 Å². The monoisotopic (exact) mass is 331 g/mol. The van der Waals surface area contributed by atoms with Gasteiger partial charge in [-0.3, -0.25) is 4.79 Å². The van der Waals surface area contributed by atoms with Crippen molar-refractivity contribution in [1.82, 2.24) is 15.1 Å². The Kier molecular flexibility index (Phi) is 4.83. The molecule has 1 saturated heterocycles. The summed E-state index contributed by atoms with van der Waals surface area (Å²) in [6.07, 6.45) is 3.58. The first-order valence-electron chi connectivity index (χ1n) is 5.87. The van der Waals surface area contributed by atoms with Crippen molar-refractivity contribution in [1.29, 1.82) is 0 Å². The molecule has 1 fully saturated rings. The van der Waals surface area contributed by atoms with Crippen molar-refractivity contribution < 1.29 is 41.9 Å². The van der Waals surface area contributed by atoms with Crippen molar-refractivity contribution in [3.8, 4) is 0 Å². The smallest absolute Gasteiger partial charge is 0.222 e. The maximum absolute atomic E-state index is 11.9. The molecule has 0 bridgehead atoms. The number of benzene rings is 1. The van der Waals surface area contributed by atoms with Gasteiger partial charge < -0.3 is 9.32 Å². The zero-order valence-corrected chi connectivity index (χ0v) is 13.2. The Morgan fingerprint density at radius 2 is 2.16 bits per heavy atom. The van der Waals surface area contributed by atoms with Crippen LogP contribution >= 0.6 is 0 Å². The Morgan fingerprint density at radius 1 is 1.37 bits per heavy atom.